The Morgan fingerprint density at radius 3 is 2.70 bits per heavy atom. The van der Waals surface area contributed by atoms with Crippen molar-refractivity contribution in [2.24, 2.45) is 0 Å². The summed E-state index contributed by atoms with van der Waals surface area (Å²) in [5, 5.41) is 11.4. The zero-order valence-corrected chi connectivity index (χ0v) is 13.9. The number of aromatic carboxylic acids is 1. The molecule has 126 valence electrons. The molecule has 3 heterocycles. The number of carboxylic acids is 1. The van der Waals surface area contributed by atoms with Crippen molar-refractivity contribution in [2.75, 3.05) is 19.7 Å². The van der Waals surface area contributed by atoms with Gasteiger partial charge in [-0.05, 0) is 32.1 Å². The summed E-state index contributed by atoms with van der Waals surface area (Å²) in [4.78, 5) is 29.4. The van der Waals surface area contributed by atoms with E-state index < -0.39 is 5.97 Å². The van der Waals surface area contributed by atoms with Crippen molar-refractivity contribution in [3.63, 3.8) is 0 Å². The molecule has 2 aliphatic rings. The van der Waals surface area contributed by atoms with Crippen molar-refractivity contribution < 1.29 is 19.4 Å². The number of rotatable bonds is 4. The Bertz CT molecular complexity index is 560. The average Bonchev–Trinajstić information content (AvgIpc) is 3.06. The fourth-order valence-electron chi connectivity index (χ4n) is 3.24. The van der Waals surface area contributed by atoms with Gasteiger partial charge in [-0.25, -0.2) is 9.78 Å². The fraction of sp³-hybridized carbons (Fsp3) is 0.688. The first kappa shape index (κ1) is 16.4. The van der Waals surface area contributed by atoms with E-state index in [0.717, 1.165) is 56.8 Å². The molecule has 2 fully saturated rings. The third-order valence-corrected chi connectivity index (χ3v) is 5.62. The average molecular weight is 338 g/mol. The molecule has 0 aliphatic carbocycles. The van der Waals surface area contributed by atoms with Crippen LogP contribution in [-0.2, 0) is 9.53 Å². The first-order chi connectivity index (χ1) is 11.1. The van der Waals surface area contributed by atoms with Gasteiger partial charge < -0.3 is 14.7 Å². The van der Waals surface area contributed by atoms with E-state index in [0.29, 0.717) is 6.42 Å². The van der Waals surface area contributed by atoms with Gasteiger partial charge in [-0.2, -0.15) is 0 Å². The molecule has 0 radical (unpaired) electrons. The Kier molecular flexibility index (Phi) is 5.27. The molecule has 2 saturated heterocycles. The highest BCUT2D eigenvalue weighted by molar-refractivity contribution is 7.09. The minimum atomic E-state index is -0.979. The number of piperidine rings is 1. The second kappa shape index (κ2) is 7.40. The maximum absolute atomic E-state index is 12.4. The summed E-state index contributed by atoms with van der Waals surface area (Å²) < 4.78 is 5.64. The first-order valence-corrected chi connectivity index (χ1v) is 9.09. The highest BCUT2D eigenvalue weighted by Gasteiger charge is 2.28. The Hall–Kier alpha value is -1.47. The topological polar surface area (TPSA) is 79.7 Å². The SMILES string of the molecule is O=C(O)c1csc(C2CCN(C(=O)C[C@@H]3CCCCO3)CC2)n1. The molecule has 1 amide bonds. The van der Waals surface area contributed by atoms with Crippen LogP contribution in [-0.4, -0.2) is 52.7 Å². The number of nitrogens with zero attached hydrogens (tertiary/aromatic N) is 2. The number of amides is 1. The highest BCUT2D eigenvalue weighted by Crippen LogP contribution is 2.31. The molecule has 1 atom stereocenters. The second-order valence-corrected chi connectivity index (χ2v) is 7.11. The molecule has 6 nitrogen and oxygen atoms in total. The van der Waals surface area contributed by atoms with Crippen molar-refractivity contribution in [1.82, 2.24) is 9.88 Å². The van der Waals surface area contributed by atoms with E-state index >= 15 is 0 Å². The summed E-state index contributed by atoms with van der Waals surface area (Å²) in [5.74, 6) is -0.531. The van der Waals surface area contributed by atoms with Crippen LogP contribution >= 0.6 is 11.3 Å². The van der Waals surface area contributed by atoms with Crippen molar-refractivity contribution in [3.05, 3.63) is 16.1 Å². The predicted octanol–water partition coefficient (Wildman–Crippen LogP) is 2.51. The summed E-state index contributed by atoms with van der Waals surface area (Å²) in [7, 11) is 0. The van der Waals surface area contributed by atoms with Gasteiger partial charge in [0.25, 0.3) is 0 Å². The van der Waals surface area contributed by atoms with Gasteiger partial charge in [0.15, 0.2) is 5.69 Å². The van der Waals surface area contributed by atoms with Gasteiger partial charge in [0.1, 0.15) is 0 Å². The highest BCUT2D eigenvalue weighted by atomic mass is 32.1. The molecule has 0 spiro atoms. The van der Waals surface area contributed by atoms with Crippen LogP contribution in [0.1, 0.15) is 59.9 Å². The van der Waals surface area contributed by atoms with Crippen molar-refractivity contribution >= 4 is 23.2 Å². The third kappa shape index (κ3) is 4.09. The van der Waals surface area contributed by atoms with E-state index in [9.17, 15) is 9.59 Å². The van der Waals surface area contributed by atoms with Crippen molar-refractivity contribution in [3.8, 4) is 0 Å². The van der Waals surface area contributed by atoms with Crippen LogP contribution in [0.4, 0.5) is 0 Å². The lowest BCUT2D eigenvalue weighted by atomic mass is 9.96. The Morgan fingerprint density at radius 1 is 1.30 bits per heavy atom. The molecular formula is C16H22N2O4S. The summed E-state index contributed by atoms with van der Waals surface area (Å²) in [6.07, 6.45) is 5.52. The Labute approximate surface area is 139 Å². The number of carboxylic acid groups (broad SMARTS) is 1. The van der Waals surface area contributed by atoms with Crippen LogP contribution in [0, 0.1) is 0 Å². The number of carbonyl (C=O) groups excluding carboxylic acids is 1. The van der Waals surface area contributed by atoms with Gasteiger partial charge in [0.2, 0.25) is 5.91 Å². The van der Waals surface area contributed by atoms with E-state index in [1.165, 1.54) is 11.3 Å². The molecule has 3 rings (SSSR count). The molecule has 0 unspecified atom stereocenters. The molecule has 0 saturated carbocycles. The van der Waals surface area contributed by atoms with Crippen LogP contribution in [0.3, 0.4) is 0 Å². The number of aromatic nitrogens is 1. The number of likely N-dealkylation sites (tertiary alicyclic amines) is 1. The quantitative estimate of drug-likeness (QED) is 0.912. The number of hydrogen-bond acceptors (Lipinski definition) is 5. The fourth-order valence-corrected chi connectivity index (χ4v) is 4.21. The molecule has 0 bridgehead atoms. The molecule has 2 aliphatic heterocycles. The van der Waals surface area contributed by atoms with Crippen LogP contribution in [0.15, 0.2) is 5.38 Å². The molecule has 23 heavy (non-hydrogen) atoms. The summed E-state index contributed by atoms with van der Waals surface area (Å²) in [5.41, 5.74) is 0.123. The van der Waals surface area contributed by atoms with Gasteiger partial charge in [-0.3, -0.25) is 4.79 Å². The maximum Gasteiger partial charge on any atom is 0.355 e. The minimum absolute atomic E-state index is 0.0889. The van der Waals surface area contributed by atoms with E-state index in [4.69, 9.17) is 9.84 Å². The first-order valence-electron chi connectivity index (χ1n) is 8.21. The lowest BCUT2D eigenvalue weighted by Gasteiger charge is -2.32. The maximum atomic E-state index is 12.4. The van der Waals surface area contributed by atoms with Gasteiger partial charge in [-0.15, -0.1) is 11.3 Å². The zero-order chi connectivity index (χ0) is 16.2. The number of hydrogen-bond donors (Lipinski definition) is 1. The van der Waals surface area contributed by atoms with Gasteiger partial charge in [-0.1, -0.05) is 0 Å². The Morgan fingerprint density at radius 2 is 2.09 bits per heavy atom. The zero-order valence-electron chi connectivity index (χ0n) is 13.1. The second-order valence-electron chi connectivity index (χ2n) is 6.22. The van der Waals surface area contributed by atoms with Gasteiger partial charge in [0, 0.05) is 31.0 Å². The van der Waals surface area contributed by atoms with E-state index in [2.05, 4.69) is 4.98 Å². The molecule has 1 aromatic heterocycles. The van der Waals surface area contributed by atoms with Gasteiger partial charge >= 0.3 is 5.97 Å². The largest absolute Gasteiger partial charge is 0.476 e. The van der Waals surface area contributed by atoms with Crippen LogP contribution in [0.25, 0.3) is 0 Å². The summed E-state index contributed by atoms with van der Waals surface area (Å²) >= 11 is 1.41. The minimum Gasteiger partial charge on any atom is -0.476 e. The van der Waals surface area contributed by atoms with Crippen LogP contribution in [0.2, 0.25) is 0 Å². The monoisotopic (exact) mass is 338 g/mol. The smallest absolute Gasteiger partial charge is 0.355 e. The number of ether oxygens (including phenoxy) is 1. The Balaban J connectivity index is 1.49. The van der Waals surface area contributed by atoms with Gasteiger partial charge in [0.05, 0.1) is 17.5 Å². The molecule has 1 N–H and O–H groups in total. The standard InChI is InChI=1S/C16H22N2O4S/c19-14(9-12-3-1-2-8-22-12)18-6-4-11(5-7-18)15-17-13(10-23-15)16(20)21/h10-12H,1-9H2,(H,20,21)/t12-/m0/s1. The molecule has 0 aromatic carbocycles. The van der Waals surface area contributed by atoms with E-state index in [1.807, 2.05) is 4.90 Å². The lowest BCUT2D eigenvalue weighted by Crippen LogP contribution is -2.40. The van der Waals surface area contributed by atoms with Crippen LogP contribution < -0.4 is 0 Å². The van der Waals surface area contributed by atoms with Crippen molar-refractivity contribution in [1.29, 1.82) is 0 Å². The molecule has 7 heteroatoms. The molecular weight excluding hydrogens is 316 g/mol. The van der Waals surface area contributed by atoms with E-state index in [-0.39, 0.29) is 23.6 Å². The van der Waals surface area contributed by atoms with E-state index in [1.54, 1.807) is 5.38 Å². The third-order valence-electron chi connectivity index (χ3n) is 4.61. The lowest BCUT2D eigenvalue weighted by molar-refractivity contribution is -0.136. The number of thiazole rings is 1. The summed E-state index contributed by atoms with van der Waals surface area (Å²) in [6.45, 7) is 2.21. The predicted molar refractivity (Wildman–Crippen MR) is 85.8 cm³/mol. The molecule has 1 aromatic rings. The van der Waals surface area contributed by atoms with Crippen molar-refractivity contribution in [2.45, 2.75) is 50.5 Å². The normalized spacial score (nSPS) is 23.0. The van der Waals surface area contributed by atoms with Crippen LogP contribution in [0.5, 0.6) is 0 Å². The summed E-state index contributed by atoms with van der Waals surface area (Å²) in [6, 6.07) is 0. The number of carbonyl (C=O) groups is 2.